The number of halogens is 2. The van der Waals surface area contributed by atoms with Crippen molar-refractivity contribution < 1.29 is 18.9 Å². The minimum Gasteiger partial charge on any atom is -0.478 e. The Balaban J connectivity index is 1.94. The summed E-state index contributed by atoms with van der Waals surface area (Å²) in [5.41, 5.74) is 1.17. The lowest BCUT2D eigenvalue weighted by Gasteiger charge is -2.07. The van der Waals surface area contributed by atoms with Crippen molar-refractivity contribution in [3.05, 3.63) is 63.6 Å². The molecule has 2 rings (SSSR count). The molecule has 1 unspecified atom stereocenters. The molecule has 0 aliphatic carbocycles. The molecule has 126 valence electrons. The summed E-state index contributed by atoms with van der Waals surface area (Å²) in [6.45, 7) is 0. The van der Waals surface area contributed by atoms with Gasteiger partial charge in [0.25, 0.3) is 0 Å². The minimum absolute atomic E-state index is 0.0932. The highest BCUT2D eigenvalue weighted by molar-refractivity contribution is 7.84. The van der Waals surface area contributed by atoms with Crippen LogP contribution in [0.3, 0.4) is 0 Å². The first-order valence-corrected chi connectivity index (χ1v) is 9.01. The zero-order valence-electron chi connectivity index (χ0n) is 12.3. The maximum absolute atomic E-state index is 12.1. The molecule has 24 heavy (non-hydrogen) atoms. The molecule has 8 heteroatoms. The number of carboxylic acid groups (broad SMARTS) is 1. The molecule has 0 bridgehead atoms. The normalized spacial score (nSPS) is 11.8. The molecule has 5 nitrogen and oxygen atoms in total. The van der Waals surface area contributed by atoms with Crippen molar-refractivity contribution in [2.24, 2.45) is 0 Å². The van der Waals surface area contributed by atoms with Crippen molar-refractivity contribution in [3.8, 4) is 0 Å². The predicted octanol–water partition coefficient (Wildman–Crippen LogP) is 3.58. The molecule has 0 saturated carbocycles. The molecule has 0 radical (unpaired) electrons. The molecule has 2 aromatic rings. The molecule has 0 aromatic heterocycles. The van der Waals surface area contributed by atoms with Crippen LogP contribution in [0.15, 0.2) is 42.5 Å². The van der Waals surface area contributed by atoms with E-state index in [0.717, 1.165) is 0 Å². The molecule has 0 spiro atoms. The summed E-state index contributed by atoms with van der Waals surface area (Å²) in [5, 5.41) is 12.2. The molecule has 0 saturated heterocycles. The summed E-state index contributed by atoms with van der Waals surface area (Å²) < 4.78 is 12.1. The van der Waals surface area contributed by atoms with Gasteiger partial charge in [0.2, 0.25) is 5.91 Å². The van der Waals surface area contributed by atoms with E-state index in [1.165, 1.54) is 18.2 Å². The summed E-state index contributed by atoms with van der Waals surface area (Å²) in [6, 6.07) is 10.8. The minimum atomic E-state index is -1.47. The van der Waals surface area contributed by atoms with Crippen LogP contribution >= 0.6 is 23.2 Å². The average molecular weight is 386 g/mol. The quantitative estimate of drug-likeness (QED) is 0.795. The number of amides is 1. The summed E-state index contributed by atoms with van der Waals surface area (Å²) in [7, 11) is -1.47. The monoisotopic (exact) mass is 385 g/mol. The van der Waals surface area contributed by atoms with Crippen LogP contribution in [0.1, 0.15) is 15.9 Å². The van der Waals surface area contributed by atoms with E-state index in [1.807, 2.05) is 0 Å². The van der Waals surface area contributed by atoms with E-state index in [9.17, 15) is 13.8 Å². The number of carbonyl (C=O) groups is 2. The number of aromatic carboxylic acids is 1. The number of carboxylic acids is 1. The van der Waals surface area contributed by atoms with Crippen LogP contribution in [0.25, 0.3) is 0 Å². The molecule has 2 aromatic carbocycles. The van der Waals surface area contributed by atoms with E-state index in [1.54, 1.807) is 24.3 Å². The third-order valence-corrected chi connectivity index (χ3v) is 4.98. The van der Waals surface area contributed by atoms with Crippen molar-refractivity contribution in [1.29, 1.82) is 0 Å². The van der Waals surface area contributed by atoms with E-state index in [2.05, 4.69) is 5.32 Å². The van der Waals surface area contributed by atoms with Gasteiger partial charge < -0.3 is 10.4 Å². The van der Waals surface area contributed by atoms with Crippen LogP contribution in [0.5, 0.6) is 0 Å². The predicted molar refractivity (Wildman–Crippen MR) is 95.2 cm³/mol. The molecule has 0 heterocycles. The number of anilines is 1. The van der Waals surface area contributed by atoms with Crippen LogP contribution in [0, 0.1) is 0 Å². The van der Waals surface area contributed by atoms with Crippen LogP contribution in [-0.4, -0.2) is 26.9 Å². The van der Waals surface area contributed by atoms with Crippen LogP contribution in [-0.2, 0) is 21.3 Å². The molecule has 2 N–H and O–H groups in total. The van der Waals surface area contributed by atoms with Gasteiger partial charge in [-0.05, 0) is 35.9 Å². The Kier molecular flexibility index (Phi) is 6.36. The van der Waals surface area contributed by atoms with Gasteiger partial charge in [0.05, 0.1) is 15.6 Å². The second-order valence-electron chi connectivity index (χ2n) is 4.91. The lowest BCUT2D eigenvalue weighted by molar-refractivity contribution is -0.113. The summed E-state index contributed by atoms with van der Waals surface area (Å²) in [4.78, 5) is 22.8. The lowest BCUT2D eigenvalue weighted by Crippen LogP contribution is -2.20. The van der Waals surface area contributed by atoms with Crippen molar-refractivity contribution in [3.63, 3.8) is 0 Å². The van der Waals surface area contributed by atoms with Crippen LogP contribution < -0.4 is 5.32 Å². The van der Waals surface area contributed by atoms with E-state index in [-0.39, 0.29) is 17.1 Å². The third kappa shape index (κ3) is 5.33. The fourth-order valence-electron chi connectivity index (χ4n) is 1.95. The Labute approximate surface area is 151 Å². The number of carbonyl (C=O) groups excluding carboxylic acids is 1. The number of nitrogens with one attached hydrogen (secondary N) is 1. The molecule has 0 aliphatic heterocycles. The zero-order valence-corrected chi connectivity index (χ0v) is 14.6. The molecule has 0 fully saturated rings. The highest BCUT2D eigenvalue weighted by atomic mass is 35.5. The molecular weight excluding hydrogens is 373 g/mol. The standard InChI is InChI=1S/C16H13Cl2NO4S/c17-13-5-4-12(7-14(13)18)19-15(20)9-24(23)8-10-2-1-3-11(6-10)16(21)22/h1-7H,8-9H2,(H,19,20)(H,21,22). The fraction of sp³-hybridized carbons (Fsp3) is 0.125. The smallest absolute Gasteiger partial charge is 0.335 e. The maximum Gasteiger partial charge on any atom is 0.335 e. The van der Waals surface area contributed by atoms with Gasteiger partial charge in [-0.2, -0.15) is 0 Å². The van der Waals surface area contributed by atoms with Crippen molar-refractivity contribution in [2.75, 3.05) is 11.1 Å². The van der Waals surface area contributed by atoms with Crippen molar-refractivity contribution in [1.82, 2.24) is 0 Å². The third-order valence-electron chi connectivity index (χ3n) is 3.00. The van der Waals surface area contributed by atoms with Gasteiger partial charge in [0.1, 0.15) is 5.75 Å². The van der Waals surface area contributed by atoms with Gasteiger partial charge in [-0.15, -0.1) is 0 Å². The lowest BCUT2D eigenvalue weighted by atomic mass is 10.1. The fourth-order valence-corrected chi connectivity index (χ4v) is 3.26. The molecule has 1 atom stereocenters. The second-order valence-corrected chi connectivity index (χ2v) is 7.18. The Bertz CT molecular complexity index is 810. The highest BCUT2D eigenvalue weighted by Crippen LogP contribution is 2.24. The first kappa shape index (κ1) is 18.4. The largest absolute Gasteiger partial charge is 0.478 e. The highest BCUT2D eigenvalue weighted by Gasteiger charge is 2.11. The number of hydrogen-bond donors (Lipinski definition) is 2. The first-order valence-electron chi connectivity index (χ1n) is 6.77. The summed E-state index contributed by atoms with van der Waals surface area (Å²) in [6.07, 6.45) is 0. The Morgan fingerprint density at radius 2 is 1.83 bits per heavy atom. The summed E-state index contributed by atoms with van der Waals surface area (Å²) in [5.74, 6) is -1.60. The van der Waals surface area contributed by atoms with E-state index < -0.39 is 22.7 Å². The Hall–Kier alpha value is -1.89. The SMILES string of the molecule is O=C(CS(=O)Cc1cccc(C(=O)O)c1)Nc1ccc(Cl)c(Cl)c1. The Morgan fingerprint density at radius 1 is 1.08 bits per heavy atom. The molecule has 0 aliphatic rings. The number of rotatable bonds is 6. The van der Waals surface area contributed by atoms with Crippen molar-refractivity contribution in [2.45, 2.75) is 5.75 Å². The van der Waals surface area contributed by atoms with E-state index >= 15 is 0 Å². The van der Waals surface area contributed by atoms with Gasteiger partial charge in [-0.1, -0.05) is 35.3 Å². The Morgan fingerprint density at radius 3 is 2.50 bits per heavy atom. The van der Waals surface area contributed by atoms with Crippen molar-refractivity contribution >= 4 is 51.6 Å². The summed E-state index contributed by atoms with van der Waals surface area (Å²) >= 11 is 11.7. The number of benzene rings is 2. The number of hydrogen-bond acceptors (Lipinski definition) is 3. The zero-order chi connectivity index (χ0) is 17.7. The molecular formula is C16H13Cl2NO4S. The molecule has 1 amide bonds. The topological polar surface area (TPSA) is 83.5 Å². The van der Waals surface area contributed by atoms with Gasteiger partial charge in [-0.3, -0.25) is 9.00 Å². The van der Waals surface area contributed by atoms with Gasteiger partial charge in [-0.25, -0.2) is 4.79 Å². The van der Waals surface area contributed by atoms with E-state index in [4.69, 9.17) is 28.3 Å². The maximum atomic E-state index is 12.1. The average Bonchev–Trinajstić information content (AvgIpc) is 2.51. The van der Waals surface area contributed by atoms with Gasteiger partial charge in [0.15, 0.2) is 0 Å². The van der Waals surface area contributed by atoms with Gasteiger partial charge in [0, 0.05) is 22.2 Å². The second kappa shape index (κ2) is 8.28. The first-order chi connectivity index (χ1) is 11.3. The van der Waals surface area contributed by atoms with Crippen LogP contribution in [0.2, 0.25) is 10.0 Å². The van der Waals surface area contributed by atoms with E-state index in [0.29, 0.717) is 21.3 Å². The van der Waals surface area contributed by atoms with Gasteiger partial charge >= 0.3 is 5.97 Å². The van der Waals surface area contributed by atoms with Crippen LogP contribution in [0.4, 0.5) is 5.69 Å².